The van der Waals surface area contributed by atoms with Gasteiger partial charge in [0.2, 0.25) is 0 Å². The molecule has 0 aliphatic heterocycles. The highest BCUT2D eigenvalue weighted by Gasteiger charge is 2.65. The molecule has 6 aromatic rings. The first-order valence-electron chi connectivity index (χ1n) is 15.1. The molecule has 224 valence electrons. The smallest absolute Gasteiger partial charge is 0.310 e. The van der Waals surface area contributed by atoms with E-state index in [1.807, 2.05) is 70.2 Å². The van der Waals surface area contributed by atoms with Gasteiger partial charge in [-0.3, -0.25) is 4.79 Å². The molecule has 4 aromatic carbocycles. The number of hydrogen-bond acceptors (Lipinski definition) is 5. The number of phenolic OH excluding ortho intramolecular Hbond substituents is 1. The molecular formula is C36H34N2O5S. The second-order valence-electron chi connectivity index (χ2n) is 13.4. The summed E-state index contributed by atoms with van der Waals surface area (Å²) in [5, 5.41) is 15.0. The lowest BCUT2D eigenvalue weighted by atomic mass is 9.70. The Morgan fingerprint density at radius 1 is 1.00 bits per heavy atom. The van der Waals surface area contributed by atoms with Gasteiger partial charge in [-0.2, -0.15) is 8.42 Å². The summed E-state index contributed by atoms with van der Waals surface area (Å²) in [5.41, 5.74) is 4.24. The Labute approximate surface area is 255 Å². The maximum absolute atomic E-state index is 13.9. The van der Waals surface area contributed by atoms with E-state index in [9.17, 15) is 18.3 Å². The van der Waals surface area contributed by atoms with Gasteiger partial charge >= 0.3 is 10.1 Å². The van der Waals surface area contributed by atoms with Crippen molar-refractivity contribution in [2.24, 2.45) is 16.7 Å². The van der Waals surface area contributed by atoms with Crippen LogP contribution in [-0.2, 0) is 14.9 Å². The Hall–Kier alpha value is -4.30. The van der Waals surface area contributed by atoms with Crippen LogP contribution < -0.4 is 4.18 Å². The van der Waals surface area contributed by atoms with Crippen LogP contribution in [-0.4, -0.2) is 34.6 Å². The van der Waals surface area contributed by atoms with Crippen LogP contribution in [0.3, 0.4) is 0 Å². The number of benzene rings is 4. The Bertz CT molecular complexity index is 2330. The first kappa shape index (κ1) is 27.3. The van der Waals surface area contributed by atoms with E-state index in [2.05, 4.69) is 21.7 Å². The van der Waals surface area contributed by atoms with Gasteiger partial charge in [-0.05, 0) is 79.5 Å². The van der Waals surface area contributed by atoms with Crippen molar-refractivity contribution >= 4 is 59.5 Å². The SMILES string of the molecule is Cc1cc(O)c2c(c1)c1ccccc1n2-c1c(C)cc(OS(=O)(=O)C[C@]23CC[C@H](CC2=O)C3(C)C)c2[nH]c3ccccc3c12. The first-order chi connectivity index (χ1) is 20.9. The van der Waals surface area contributed by atoms with Gasteiger partial charge in [-0.1, -0.05) is 50.2 Å². The molecule has 7 nitrogen and oxygen atoms in total. The van der Waals surface area contributed by atoms with Crippen LogP contribution in [0.15, 0.2) is 66.7 Å². The standard InChI is InChI=1S/C36H34N2O5S/c1-20-15-25-23-9-6-8-12-27(23)38(34(25)28(39)16-20)33-21(2)17-29(32-31(33)24-10-5-7-11-26(24)37-32)43-44(41,42)19-36-14-13-22(18-30(36)40)35(36,3)4/h5-12,15-17,22,37,39H,13-14,18-19H2,1-4H3/t22-,36-/m1/s1. The largest absolute Gasteiger partial charge is 0.506 e. The third-order valence-electron chi connectivity index (χ3n) is 10.8. The molecule has 2 heterocycles. The fourth-order valence-electron chi connectivity index (χ4n) is 8.49. The lowest BCUT2D eigenvalue weighted by Gasteiger charge is -2.35. The van der Waals surface area contributed by atoms with Crippen LogP contribution in [0.2, 0.25) is 0 Å². The highest BCUT2D eigenvalue weighted by Crippen LogP contribution is 2.64. The van der Waals surface area contributed by atoms with Crippen molar-refractivity contribution in [3.8, 4) is 17.2 Å². The van der Waals surface area contributed by atoms with Gasteiger partial charge in [0.05, 0.1) is 33.4 Å². The minimum Gasteiger partial charge on any atom is -0.506 e. The number of carbonyl (C=O) groups excluding carboxylic acids is 1. The van der Waals surface area contributed by atoms with E-state index in [4.69, 9.17) is 4.18 Å². The fraction of sp³-hybridized carbons (Fsp3) is 0.306. The summed E-state index contributed by atoms with van der Waals surface area (Å²) in [4.78, 5) is 16.6. The van der Waals surface area contributed by atoms with Gasteiger partial charge < -0.3 is 18.8 Å². The summed E-state index contributed by atoms with van der Waals surface area (Å²) < 4.78 is 35.8. The molecule has 8 heteroatoms. The van der Waals surface area contributed by atoms with Crippen molar-refractivity contribution < 1.29 is 22.5 Å². The number of aromatic amines is 1. The first-order valence-corrected chi connectivity index (χ1v) is 16.7. The van der Waals surface area contributed by atoms with Crippen molar-refractivity contribution in [3.63, 3.8) is 0 Å². The van der Waals surface area contributed by atoms with E-state index >= 15 is 0 Å². The maximum Gasteiger partial charge on any atom is 0.310 e. The fourth-order valence-corrected chi connectivity index (χ4v) is 10.2. The third-order valence-corrected chi connectivity index (χ3v) is 12.1. The molecule has 8 rings (SSSR count). The molecule has 0 amide bonds. The third kappa shape index (κ3) is 3.54. The molecule has 2 saturated carbocycles. The normalized spacial score (nSPS) is 21.4. The summed E-state index contributed by atoms with van der Waals surface area (Å²) >= 11 is 0. The molecule has 0 spiro atoms. The number of hydrogen-bond donors (Lipinski definition) is 2. The molecule has 44 heavy (non-hydrogen) atoms. The Morgan fingerprint density at radius 2 is 1.73 bits per heavy atom. The molecule has 2 fully saturated rings. The number of Topliss-reactive ketones (excluding diaryl/α,β-unsaturated/α-hetero) is 1. The number of nitrogens with one attached hydrogen (secondary N) is 1. The Balaban J connectivity index is 1.37. The van der Waals surface area contributed by atoms with Crippen molar-refractivity contribution in [2.75, 3.05) is 5.75 Å². The van der Waals surface area contributed by atoms with Gasteiger partial charge in [0.25, 0.3) is 0 Å². The van der Waals surface area contributed by atoms with Crippen molar-refractivity contribution in [1.29, 1.82) is 0 Å². The van der Waals surface area contributed by atoms with Gasteiger partial charge in [-0.15, -0.1) is 0 Å². The van der Waals surface area contributed by atoms with Crippen molar-refractivity contribution in [2.45, 2.75) is 47.0 Å². The van der Waals surface area contributed by atoms with Crippen LogP contribution in [0, 0.1) is 30.6 Å². The second-order valence-corrected chi connectivity index (χ2v) is 15.0. The predicted molar refractivity (Wildman–Crippen MR) is 174 cm³/mol. The van der Waals surface area contributed by atoms with Crippen LogP contribution in [0.4, 0.5) is 0 Å². The van der Waals surface area contributed by atoms with Crippen LogP contribution in [0.25, 0.3) is 49.3 Å². The maximum atomic E-state index is 13.9. The predicted octanol–water partition coefficient (Wildman–Crippen LogP) is 7.84. The number of phenols is 1. The van der Waals surface area contributed by atoms with Crippen LogP contribution in [0.1, 0.15) is 44.2 Å². The van der Waals surface area contributed by atoms with Crippen LogP contribution in [0.5, 0.6) is 11.5 Å². The molecule has 0 unspecified atom stereocenters. The number of fused-ring (bicyclic) bond motifs is 8. The highest BCUT2D eigenvalue weighted by atomic mass is 32.2. The monoisotopic (exact) mass is 606 g/mol. The topological polar surface area (TPSA) is 101 Å². The number of rotatable bonds is 5. The number of nitrogens with zero attached hydrogens (tertiary/aromatic N) is 1. The number of aromatic nitrogens is 2. The number of carbonyl (C=O) groups is 1. The number of H-pyrrole nitrogens is 1. The minimum absolute atomic E-state index is 0.0367. The van der Waals surface area contributed by atoms with Crippen molar-refractivity contribution in [1.82, 2.24) is 9.55 Å². The number of ketones is 1. The van der Waals surface area contributed by atoms with Gasteiger partial charge in [0.15, 0.2) is 5.75 Å². The lowest BCUT2D eigenvalue weighted by molar-refractivity contribution is -0.128. The van der Waals surface area contributed by atoms with Crippen LogP contribution >= 0.6 is 0 Å². The van der Waals surface area contributed by atoms with E-state index in [1.54, 1.807) is 12.1 Å². The number of para-hydroxylation sites is 2. The number of aromatic hydroxyl groups is 1. The molecule has 2 bridgehead atoms. The second kappa shape index (κ2) is 8.88. The summed E-state index contributed by atoms with van der Waals surface area (Å²) in [6.07, 6.45) is 1.87. The lowest BCUT2D eigenvalue weighted by Crippen LogP contribution is -2.43. The van der Waals surface area contributed by atoms with E-state index in [1.165, 1.54) is 0 Å². The van der Waals surface area contributed by atoms with E-state index in [-0.39, 0.29) is 29.0 Å². The summed E-state index contributed by atoms with van der Waals surface area (Å²) in [5.74, 6) is 0.287. The zero-order valence-corrected chi connectivity index (χ0v) is 26.0. The van der Waals surface area contributed by atoms with Gasteiger partial charge in [0, 0.05) is 33.5 Å². The van der Waals surface area contributed by atoms with E-state index in [0.29, 0.717) is 23.9 Å². The van der Waals surface area contributed by atoms with Crippen molar-refractivity contribution in [3.05, 3.63) is 77.9 Å². The molecule has 2 aromatic heterocycles. The highest BCUT2D eigenvalue weighted by molar-refractivity contribution is 7.87. The zero-order chi connectivity index (χ0) is 30.8. The molecule has 0 saturated heterocycles. The van der Waals surface area contributed by atoms with Gasteiger partial charge in [-0.25, -0.2) is 0 Å². The summed E-state index contributed by atoms with van der Waals surface area (Å²) in [6, 6.07) is 21.5. The Kier molecular flexibility index (Phi) is 5.50. The minimum atomic E-state index is -4.15. The van der Waals surface area contributed by atoms with E-state index < -0.39 is 20.9 Å². The Morgan fingerprint density at radius 3 is 2.45 bits per heavy atom. The van der Waals surface area contributed by atoms with E-state index in [0.717, 1.165) is 55.8 Å². The molecular weight excluding hydrogens is 572 g/mol. The number of aryl methyl sites for hydroxylation is 2. The average Bonchev–Trinajstić information content (AvgIpc) is 3.62. The molecule has 0 radical (unpaired) electrons. The van der Waals surface area contributed by atoms with Gasteiger partial charge in [0.1, 0.15) is 11.5 Å². The quantitative estimate of drug-likeness (QED) is 0.195. The molecule has 2 N–H and O–H groups in total. The molecule has 2 atom stereocenters. The zero-order valence-electron chi connectivity index (χ0n) is 25.2. The molecule has 2 aliphatic carbocycles. The average molecular weight is 607 g/mol. The summed E-state index contributed by atoms with van der Waals surface area (Å²) in [7, 11) is -4.15. The summed E-state index contributed by atoms with van der Waals surface area (Å²) in [6.45, 7) is 7.96. The molecule has 2 aliphatic rings.